The fraction of sp³-hybridized carbons (Fsp3) is 0.659. The van der Waals surface area contributed by atoms with E-state index in [0.29, 0.717) is 37.3 Å². The first kappa shape index (κ1) is 49.5. The standard InChI is InChI=1S/C41H64N10O8S/c1-10-27(4)36(50(7)40(55)35(26(2)3)47-41-43-21-19-28(5)45-41)33(58-8)25-34(52)51-22-14-18-32(51)37(59-9)29(6)38(53)46-31(24-30-16-12-11-13-17-30)39(54)48-60(56,57)23-15-20-44-49-42/h11-13,16-17,19,21,26-27,29,31-33,35-37H,10,14-15,18,20,22-25H2,1-9H3,(H,46,53)(H,48,54)(H,43,45,47)/t27-,29+,31-,32-,33-,35-,36-,37+/m0/s1. The molecule has 0 radical (unpaired) electrons. The summed E-state index contributed by atoms with van der Waals surface area (Å²) in [5.41, 5.74) is 9.95. The number of amides is 4. The third-order valence-corrected chi connectivity index (χ3v) is 12.5. The maximum absolute atomic E-state index is 14.3. The smallest absolute Gasteiger partial charge is 0.256 e. The maximum Gasteiger partial charge on any atom is 0.256 e. The van der Waals surface area contributed by atoms with Gasteiger partial charge in [-0.05, 0) is 55.2 Å². The number of methoxy groups -OCH3 is 2. The summed E-state index contributed by atoms with van der Waals surface area (Å²) >= 11 is 0. The highest BCUT2D eigenvalue weighted by molar-refractivity contribution is 7.90. The molecule has 1 aliphatic rings. The predicted octanol–water partition coefficient (Wildman–Crippen LogP) is 4.02. The Kier molecular flexibility index (Phi) is 19.7. The Labute approximate surface area is 354 Å². The van der Waals surface area contributed by atoms with E-state index in [9.17, 15) is 27.6 Å². The van der Waals surface area contributed by atoms with Crippen LogP contribution < -0.4 is 15.4 Å². The molecule has 1 aromatic carbocycles. The van der Waals surface area contributed by atoms with Crippen LogP contribution in [0.5, 0.6) is 0 Å². The molecule has 1 aromatic heterocycles. The van der Waals surface area contributed by atoms with Gasteiger partial charge in [-0.1, -0.05) is 76.5 Å². The first-order valence-corrected chi connectivity index (χ1v) is 22.2. The van der Waals surface area contributed by atoms with Gasteiger partial charge in [0.05, 0.1) is 42.4 Å². The van der Waals surface area contributed by atoms with E-state index >= 15 is 0 Å². The van der Waals surface area contributed by atoms with Crippen molar-refractivity contribution < 1.29 is 37.1 Å². The highest BCUT2D eigenvalue weighted by Gasteiger charge is 2.43. The summed E-state index contributed by atoms with van der Waals surface area (Å²) < 4.78 is 39.5. The van der Waals surface area contributed by atoms with Crippen LogP contribution in [0.25, 0.3) is 10.4 Å². The van der Waals surface area contributed by atoms with Gasteiger partial charge in [0.2, 0.25) is 33.7 Å². The number of hydrogen-bond donors (Lipinski definition) is 3. The van der Waals surface area contributed by atoms with E-state index in [-0.39, 0.29) is 49.5 Å². The van der Waals surface area contributed by atoms with E-state index in [1.54, 1.807) is 66.4 Å². The number of aryl methyl sites for hydroxylation is 1. The summed E-state index contributed by atoms with van der Waals surface area (Å²) in [5, 5.41) is 9.29. The fourth-order valence-electron chi connectivity index (χ4n) is 7.70. The van der Waals surface area contributed by atoms with Crippen LogP contribution in [-0.4, -0.2) is 128 Å². The van der Waals surface area contributed by atoms with Crippen molar-refractivity contribution in [2.45, 2.75) is 116 Å². The lowest BCUT2D eigenvalue weighted by Crippen LogP contribution is -2.56. The van der Waals surface area contributed by atoms with Crippen molar-refractivity contribution in [1.29, 1.82) is 0 Å². The Balaban J connectivity index is 1.80. The lowest BCUT2D eigenvalue weighted by Gasteiger charge is -2.40. The van der Waals surface area contributed by atoms with Crippen molar-refractivity contribution in [2.24, 2.45) is 22.9 Å². The first-order valence-electron chi connectivity index (χ1n) is 20.6. The van der Waals surface area contributed by atoms with Gasteiger partial charge in [-0.2, -0.15) is 0 Å². The molecule has 1 aliphatic heterocycles. The molecule has 60 heavy (non-hydrogen) atoms. The van der Waals surface area contributed by atoms with Crippen molar-refractivity contribution in [1.82, 2.24) is 29.8 Å². The Morgan fingerprint density at radius 1 is 1.07 bits per heavy atom. The monoisotopic (exact) mass is 856 g/mol. The van der Waals surface area contributed by atoms with E-state index < -0.39 is 69.9 Å². The van der Waals surface area contributed by atoms with Gasteiger partial charge in [-0.25, -0.2) is 18.4 Å². The SMILES string of the molecule is CC[C@H](C)[C@@H]([C@H](CC(=O)N1CCC[C@H]1[C@H](OC)[C@@H](C)C(=O)N[C@@H](Cc1ccccc1)C(=O)NS(=O)(=O)CCCN=[N+]=[N-])OC)N(C)C(=O)[C@@H](Nc1nccc(C)n1)C(C)C. The van der Waals surface area contributed by atoms with Gasteiger partial charge >= 0.3 is 0 Å². The van der Waals surface area contributed by atoms with Crippen molar-refractivity contribution in [3.8, 4) is 0 Å². The van der Waals surface area contributed by atoms with E-state index in [1.807, 2.05) is 34.6 Å². The minimum atomic E-state index is -4.11. The number of nitrogens with one attached hydrogen (secondary N) is 3. The minimum Gasteiger partial charge on any atom is -0.379 e. The van der Waals surface area contributed by atoms with Gasteiger partial charge in [0.15, 0.2) is 0 Å². The Bertz CT molecular complexity index is 1880. The molecule has 0 aliphatic carbocycles. The quantitative estimate of drug-likeness (QED) is 0.0590. The minimum absolute atomic E-state index is 0.00418. The number of carbonyl (C=O) groups is 4. The molecular weight excluding hydrogens is 793 g/mol. The Morgan fingerprint density at radius 2 is 1.77 bits per heavy atom. The number of likely N-dealkylation sites (tertiary alicyclic amines) is 1. The number of carbonyl (C=O) groups excluding carboxylic acids is 4. The van der Waals surface area contributed by atoms with Gasteiger partial charge in [-0.15, -0.1) is 0 Å². The van der Waals surface area contributed by atoms with E-state index in [0.717, 1.165) is 5.69 Å². The molecule has 2 aromatic rings. The second-order valence-electron chi connectivity index (χ2n) is 15.8. The summed E-state index contributed by atoms with van der Waals surface area (Å²) in [7, 11) is 0.623. The summed E-state index contributed by atoms with van der Waals surface area (Å²) in [6.07, 6.45) is 2.10. The average molecular weight is 857 g/mol. The zero-order valence-corrected chi connectivity index (χ0v) is 37.2. The Morgan fingerprint density at radius 3 is 2.37 bits per heavy atom. The van der Waals surface area contributed by atoms with Crippen molar-refractivity contribution >= 4 is 39.6 Å². The van der Waals surface area contributed by atoms with Crippen LogP contribution in [0.15, 0.2) is 47.7 Å². The number of anilines is 1. The highest BCUT2D eigenvalue weighted by Crippen LogP contribution is 2.30. The number of sulfonamides is 1. The molecule has 0 saturated carbocycles. The molecule has 18 nitrogen and oxygen atoms in total. The molecule has 0 unspecified atom stereocenters. The van der Waals surface area contributed by atoms with Crippen LogP contribution >= 0.6 is 0 Å². The zero-order chi connectivity index (χ0) is 44.6. The predicted molar refractivity (Wildman–Crippen MR) is 228 cm³/mol. The van der Waals surface area contributed by atoms with Gasteiger partial charge in [-0.3, -0.25) is 23.9 Å². The topological polar surface area (TPSA) is 238 Å². The molecule has 4 amide bonds. The lowest BCUT2D eigenvalue weighted by atomic mass is 9.89. The van der Waals surface area contributed by atoms with Crippen molar-refractivity contribution in [3.05, 3.63) is 64.3 Å². The summed E-state index contributed by atoms with van der Waals surface area (Å²) in [4.78, 5) is 70.6. The van der Waals surface area contributed by atoms with Crippen LogP contribution in [0.4, 0.5) is 5.95 Å². The number of benzene rings is 1. The van der Waals surface area contributed by atoms with Crippen LogP contribution in [0, 0.1) is 24.7 Å². The number of azide groups is 1. The van der Waals surface area contributed by atoms with E-state index in [4.69, 9.17) is 15.0 Å². The molecule has 332 valence electrons. The van der Waals surface area contributed by atoms with Crippen molar-refractivity contribution in [2.75, 3.05) is 45.4 Å². The number of ether oxygens (including phenoxy) is 2. The molecule has 3 rings (SSSR count). The van der Waals surface area contributed by atoms with Gasteiger partial charge < -0.3 is 29.9 Å². The Hall–Kier alpha value is -4.84. The van der Waals surface area contributed by atoms with E-state index in [2.05, 4.69) is 35.3 Å². The van der Waals surface area contributed by atoms with Crippen LogP contribution in [0.3, 0.4) is 0 Å². The first-order chi connectivity index (χ1) is 28.5. The maximum atomic E-state index is 14.3. The van der Waals surface area contributed by atoms with Crippen molar-refractivity contribution in [3.63, 3.8) is 0 Å². The molecule has 1 fully saturated rings. The van der Waals surface area contributed by atoms with Gasteiger partial charge in [0, 0.05) is 57.6 Å². The summed E-state index contributed by atoms with van der Waals surface area (Å²) in [6, 6.07) is 7.76. The largest absolute Gasteiger partial charge is 0.379 e. The van der Waals surface area contributed by atoms with Crippen LogP contribution in [0.2, 0.25) is 0 Å². The van der Waals surface area contributed by atoms with Crippen LogP contribution in [-0.2, 0) is 45.1 Å². The van der Waals surface area contributed by atoms with Gasteiger partial charge in [0.25, 0.3) is 5.91 Å². The molecule has 0 spiro atoms. The molecule has 3 N–H and O–H groups in total. The fourth-order valence-corrected chi connectivity index (χ4v) is 8.76. The molecule has 19 heteroatoms. The van der Waals surface area contributed by atoms with Gasteiger partial charge in [0.1, 0.15) is 12.1 Å². The summed E-state index contributed by atoms with van der Waals surface area (Å²) in [6.45, 7) is 11.8. The zero-order valence-electron chi connectivity index (χ0n) is 36.4. The summed E-state index contributed by atoms with van der Waals surface area (Å²) in [5.74, 6) is -3.01. The molecule has 1 saturated heterocycles. The number of rotatable bonds is 24. The normalized spacial score (nSPS) is 17.6. The highest BCUT2D eigenvalue weighted by atomic mass is 32.2. The molecule has 8 atom stereocenters. The number of aromatic nitrogens is 2. The van der Waals surface area contributed by atoms with Crippen LogP contribution in [0.1, 0.15) is 78.0 Å². The lowest BCUT2D eigenvalue weighted by molar-refractivity contribution is -0.146. The second-order valence-corrected chi connectivity index (χ2v) is 17.7. The second kappa shape index (κ2) is 23.8. The average Bonchev–Trinajstić information content (AvgIpc) is 3.70. The van der Waals surface area contributed by atoms with E-state index in [1.165, 1.54) is 14.2 Å². The number of hydrogen-bond acceptors (Lipinski definition) is 12. The molecule has 2 heterocycles. The third-order valence-electron chi connectivity index (χ3n) is 11.2. The number of likely N-dealkylation sites (N-methyl/N-ethyl adjacent to an activating group) is 1. The third kappa shape index (κ3) is 14.1. The number of nitrogens with zero attached hydrogens (tertiary/aromatic N) is 7. The molecular formula is C41H64N10O8S. The molecule has 0 bridgehead atoms.